The van der Waals surface area contributed by atoms with E-state index in [9.17, 15) is 9.59 Å². The van der Waals surface area contributed by atoms with Crippen LogP contribution in [-0.2, 0) is 4.79 Å². The number of primary amides is 1. The molecule has 2 heterocycles. The zero-order valence-electron chi connectivity index (χ0n) is 20.0. The average Bonchev–Trinajstić information content (AvgIpc) is 3.48. The maximum Gasteiger partial charge on any atom is 0.239 e. The van der Waals surface area contributed by atoms with Gasteiger partial charge in [0.1, 0.15) is 6.04 Å². The molecule has 1 aliphatic heterocycles. The van der Waals surface area contributed by atoms with E-state index in [-0.39, 0.29) is 12.3 Å². The van der Waals surface area contributed by atoms with E-state index in [1.807, 2.05) is 60.9 Å². The van der Waals surface area contributed by atoms with E-state index < -0.39 is 11.9 Å². The number of carbonyl (C=O) groups is 2. The van der Waals surface area contributed by atoms with Crippen LogP contribution in [0.15, 0.2) is 48.5 Å². The van der Waals surface area contributed by atoms with Gasteiger partial charge in [0.15, 0.2) is 5.78 Å². The second-order valence-corrected chi connectivity index (χ2v) is 9.25. The zero-order valence-corrected chi connectivity index (χ0v) is 20.7. The molecule has 2 aromatic carbocycles. The Morgan fingerprint density at radius 1 is 1.06 bits per heavy atom. The molecule has 1 aliphatic rings. The number of nitrogens with one attached hydrogen (secondary N) is 1. The van der Waals surface area contributed by atoms with Crippen molar-refractivity contribution in [2.45, 2.75) is 32.7 Å². The number of ketones is 1. The van der Waals surface area contributed by atoms with Crippen LogP contribution in [0.3, 0.4) is 0 Å². The van der Waals surface area contributed by atoms with Crippen LogP contribution in [0.2, 0.25) is 5.02 Å². The number of amides is 1. The zero-order chi connectivity index (χ0) is 25.1. The Kier molecular flexibility index (Phi) is 7.30. The van der Waals surface area contributed by atoms with E-state index in [1.165, 1.54) is 0 Å². The van der Waals surface area contributed by atoms with E-state index >= 15 is 0 Å². The number of hydrogen-bond donors (Lipinski definition) is 2. The lowest BCUT2D eigenvalue weighted by Gasteiger charge is -2.23. The number of benzene rings is 2. The maximum atomic E-state index is 13.9. The summed E-state index contributed by atoms with van der Waals surface area (Å²) in [6.45, 7) is 5.90. The monoisotopic (exact) mass is 488 g/mol. The second kappa shape index (κ2) is 10.4. The summed E-state index contributed by atoms with van der Waals surface area (Å²) in [5, 5.41) is 3.66. The Morgan fingerprint density at radius 2 is 1.71 bits per heavy atom. The molecule has 0 saturated carbocycles. The van der Waals surface area contributed by atoms with Gasteiger partial charge in [0.25, 0.3) is 0 Å². The fraction of sp³-hybridized carbons (Fsp3) is 0.286. The second-order valence-electron chi connectivity index (χ2n) is 8.81. The summed E-state index contributed by atoms with van der Waals surface area (Å²) in [7, 11) is 0. The van der Waals surface area contributed by atoms with Crippen LogP contribution in [0.1, 0.15) is 51.8 Å². The lowest BCUT2D eigenvalue weighted by molar-refractivity contribution is -0.120. The number of terminal acetylenes is 1. The van der Waals surface area contributed by atoms with Crippen LogP contribution in [-0.4, -0.2) is 35.9 Å². The third kappa shape index (κ3) is 4.97. The molecule has 1 fully saturated rings. The molecular formula is C28H29ClN4O2. The van der Waals surface area contributed by atoms with Gasteiger partial charge in [0, 0.05) is 52.0 Å². The van der Waals surface area contributed by atoms with Crippen LogP contribution in [0.5, 0.6) is 0 Å². The van der Waals surface area contributed by atoms with Crippen molar-refractivity contribution in [3.63, 3.8) is 0 Å². The number of nitrogens with zero attached hydrogens (tertiary/aromatic N) is 2. The standard InChI is InChI=1S/C28H29ClN4O2/c1-4-13-31-26(28(30)35)25-17-22(32-14-5-6-15-32)11-12-23(25)27(34)24-16-18(2)33(19(24)3)21-9-7-20(29)8-10-21/h1,7-12,16-17,26,31H,5-6,13-15H2,2-3H3,(H2,30,35). The van der Waals surface area contributed by atoms with Crippen molar-refractivity contribution >= 4 is 29.0 Å². The van der Waals surface area contributed by atoms with Crippen molar-refractivity contribution in [1.29, 1.82) is 0 Å². The first-order valence-corrected chi connectivity index (χ1v) is 12.0. The third-order valence-corrected chi connectivity index (χ3v) is 6.77. The van der Waals surface area contributed by atoms with Crippen molar-refractivity contribution < 1.29 is 9.59 Å². The van der Waals surface area contributed by atoms with Crippen molar-refractivity contribution in [2.75, 3.05) is 24.5 Å². The molecule has 1 aromatic heterocycles. The fourth-order valence-corrected chi connectivity index (χ4v) is 4.94. The highest BCUT2D eigenvalue weighted by Crippen LogP contribution is 2.31. The molecule has 0 spiro atoms. The van der Waals surface area contributed by atoms with E-state index in [4.69, 9.17) is 23.8 Å². The summed E-state index contributed by atoms with van der Waals surface area (Å²) in [5.41, 5.74) is 10.9. The van der Waals surface area contributed by atoms with Gasteiger partial charge in [0.2, 0.25) is 5.91 Å². The van der Waals surface area contributed by atoms with Crippen LogP contribution in [0, 0.1) is 26.2 Å². The smallest absolute Gasteiger partial charge is 0.239 e. The van der Waals surface area contributed by atoms with Crippen molar-refractivity contribution in [2.24, 2.45) is 5.73 Å². The fourth-order valence-electron chi connectivity index (χ4n) is 4.82. The molecule has 3 aromatic rings. The third-order valence-electron chi connectivity index (χ3n) is 6.52. The molecule has 1 amide bonds. The van der Waals surface area contributed by atoms with E-state index in [0.717, 1.165) is 48.7 Å². The molecule has 180 valence electrons. The van der Waals surface area contributed by atoms with Gasteiger partial charge in [0.05, 0.1) is 6.54 Å². The number of anilines is 1. The largest absolute Gasteiger partial charge is 0.372 e. The predicted molar refractivity (Wildman–Crippen MR) is 140 cm³/mol. The van der Waals surface area contributed by atoms with Gasteiger partial charge in [-0.05, 0) is 80.8 Å². The molecule has 1 unspecified atom stereocenters. The van der Waals surface area contributed by atoms with Crippen LogP contribution in [0.4, 0.5) is 5.69 Å². The first kappa shape index (κ1) is 24.6. The van der Waals surface area contributed by atoms with E-state index in [1.54, 1.807) is 6.07 Å². The van der Waals surface area contributed by atoms with E-state index in [2.05, 4.69) is 16.1 Å². The van der Waals surface area contributed by atoms with Gasteiger partial charge in [-0.3, -0.25) is 14.9 Å². The van der Waals surface area contributed by atoms with Crippen molar-refractivity contribution in [3.05, 3.63) is 81.6 Å². The van der Waals surface area contributed by atoms with Crippen LogP contribution < -0.4 is 16.0 Å². The number of aryl methyl sites for hydroxylation is 1. The minimum Gasteiger partial charge on any atom is -0.372 e. The predicted octanol–water partition coefficient (Wildman–Crippen LogP) is 4.33. The molecule has 1 atom stereocenters. The van der Waals surface area contributed by atoms with Crippen molar-refractivity contribution in [3.8, 4) is 18.0 Å². The van der Waals surface area contributed by atoms with Gasteiger partial charge in [-0.15, -0.1) is 6.42 Å². The molecule has 4 rings (SSSR count). The topological polar surface area (TPSA) is 80.4 Å². The molecule has 7 heteroatoms. The summed E-state index contributed by atoms with van der Waals surface area (Å²) < 4.78 is 2.02. The number of carbonyl (C=O) groups excluding carboxylic acids is 2. The Balaban J connectivity index is 1.80. The number of halogens is 1. The Bertz CT molecular complexity index is 1300. The summed E-state index contributed by atoms with van der Waals surface area (Å²) in [6, 6.07) is 14.1. The first-order valence-electron chi connectivity index (χ1n) is 11.7. The molecule has 1 saturated heterocycles. The number of aromatic nitrogens is 1. The number of rotatable bonds is 8. The summed E-state index contributed by atoms with van der Waals surface area (Å²) in [5.74, 6) is 1.73. The Morgan fingerprint density at radius 3 is 2.34 bits per heavy atom. The molecule has 35 heavy (non-hydrogen) atoms. The minimum atomic E-state index is -0.882. The molecule has 0 bridgehead atoms. The average molecular weight is 489 g/mol. The highest BCUT2D eigenvalue weighted by molar-refractivity contribution is 6.30. The quantitative estimate of drug-likeness (QED) is 0.365. The lowest BCUT2D eigenvalue weighted by Crippen LogP contribution is -2.35. The first-order chi connectivity index (χ1) is 16.8. The van der Waals surface area contributed by atoms with Gasteiger partial charge in [-0.25, -0.2) is 0 Å². The summed E-state index contributed by atoms with van der Waals surface area (Å²) in [6.07, 6.45) is 7.65. The highest BCUT2D eigenvalue weighted by Gasteiger charge is 2.27. The lowest BCUT2D eigenvalue weighted by atomic mass is 9.92. The molecule has 3 N–H and O–H groups in total. The SMILES string of the molecule is C#CCNC(C(N)=O)c1cc(N2CCCC2)ccc1C(=O)c1cc(C)n(-c2ccc(Cl)cc2)c1C. The number of nitrogens with two attached hydrogens (primary N) is 1. The summed E-state index contributed by atoms with van der Waals surface area (Å²) in [4.78, 5) is 28.6. The van der Waals surface area contributed by atoms with Crippen molar-refractivity contribution in [1.82, 2.24) is 9.88 Å². The van der Waals surface area contributed by atoms with Gasteiger partial charge in [-0.1, -0.05) is 17.5 Å². The van der Waals surface area contributed by atoms with Crippen LogP contribution >= 0.6 is 11.6 Å². The molecular weight excluding hydrogens is 460 g/mol. The van der Waals surface area contributed by atoms with E-state index in [0.29, 0.717) is 21.7 Å². The molecule has 6 nitrogen and oxygen atoms in total. The summed E-state index contributed by atoms with van der Waals surface area (Å²) >= 11 is 6.06. The maximum absolute atomic E-state index is 13.9. The molecule has 0 aliphatic carbocycles. The normalized spacial score (nSPS) is 14.1. The van der Waals surface area contributed by atoms with Gasteiger partial charge >= 0.3 is 0 Å². The number of hydrogen-bond acceptors (Lipinski definition) is 4. The van der Waals surface area contributed by atoms with Crippen LogP contribution in [0.25, 0.3) is 5.69 Å². The Labute approximate surface area is 211 Å². The Hall–Kier alpha value is -3.53. The molecule has 0 radical (unpaired) electrons. The van der Waals surface area contributed by atoms with Gasteiger partial charge < -0.3 is 15.2 Å². The van der Waals surface area contributed by atoms with Gasteiger partial charge in [-0.2, -0.15) is 0 Å². The minimum absolute atomic E-state index is 0.153. The highest BCUT2D eigenvalue weighted by atomic mass is 35.5.